The van der Waals surface area contributed by atoms with E-state index in [0.29, 0.717) is 24.7 Å². The van der Waals surface area contributed by atoms with Crippen molar-refractivity contribution in [2.45, 2.75) is 64.8 Å². The van der Waals surface area contributed by atoms with Crippen LogP contribution in [0, 0.1) is 0 Å². The van der Waals surface area contributed by atoms with Crippen LogP contribution in [0.25, 0.3) is 11.1 Å². The van der Waals surface area contributed by atoms with Crippen LogP contribution in [0.2, 0.25) is 0 Å². The molecule has 234 valence electrons. The molecule has 0 atom stereocenters. The van der Waals surface area contributed by atoms with Crippen molar-refractivity contribution in [1.82, 2.24) is 20.2 Å². The number of ether oxygens (including phenoxy) is 1. The van der Waals surface area contributed by atoms with Crippen molar-refractivity contribution in [3.05, 3.63) is 125 Å². The van der Waals surface area contributed by atoms with Crippen LogP contribution in [0.5, 0.6) is 0 Å². The van der Waals surface area contributed by atoms with Crippen molar-refractivity contribution in [1.29, 1.82) is 0 Å². The number of benzene rings is 4. The summed E-state index contributed by atoms with van der Waals surface area (Å²) in [6.45, 7) is 3.17. The average Bonchev–Trinajstić information content (AvgIpc) is 3.68. The topological polar surface area (TPSA) is 85.5 Å². The van der Waals surface area contributed by atoms with Gasteiger partial charge in [0.15, 0.2) is 0 Å². The Morgan fingerprint density at radius 3 is 2.15 bits per heavy atom. The first-order valence-corrected chi connectivity index (χ1v) is 16.4. The largest absolute Gasteiger partial charge is 0.462 e. The van der Waals surface area contributed by atoms with E-state index < -0.39 is 0 Å². The fourth-order valence-electron chi connectivity index (χ4n) is 5.86. The van der Waals surface area contributed by atoms with Crippen LogP contribution in [-0.2, 0) is 11.3 Å². The van der Waals surface area contributed by atoms with Gasteiger partial charge in [-0.25, -0.2) is 9.48 Å². The quantitative estimate of drug-likeness (QED) is 0.0656. The van der Waals surface area contributed by atoms with E-state index in [2.05, 4.69) is 34.6 Å². The van der Waals surface area contributed by atoms with Gasteiger partial charge >= 0.3 is 5.97 Å². The lowest BCUT2D eigenvalue weighted by atomic mass is 10.0. The lowest BCUT2D eigenvalue weighted by molar-refractivity contribution is 0.0497. The Morgan fingerprint density at radius 2 is 1.39 bits per heavy atom. The summed E-state index contributed by atoms with van der Waals surface area (Å²) in [4.78, 5) is 13.1. The minimum absolute atomic E-state index is 0.292. The van der Waals surface area contributed by atoms with Crippen LogP contribution < -0.4 is 5.01 Å². The Bertz CT molecular complexity index is 1770. The zero-order valence-electron chi connectivity index (χ0n) is 26.4. The lowest BCUT2D eigenvalue weighted by Gasteiger charge is -2.19. The van der Waals surface area contributed by atoms with Gasteiger partial charge in [-0.1, -0.05) is 136 Å². The van der Waals surface area contributed by atoms with Crippen LogP contribution in [0.1, 0.15) is 85.3 Å². The molecule has 5 aromatic rings. The van der Waals surface area contributed by atoms with E-state index >= 15 is 0 Å². The van der Waals surface area contributed by atoms with Gasteiger partial charge in [0, 0.05) is 11.1 Å². The van der Waals surface area contributed by atoms with Crippen LogP contribution in [-0.4, -0.2) is 38.5 Å². The molecular weight excluding hydrogens is 572 g/mol. The van der Waals surface area contributed by atoms with Gasteiger partial charge in [0.05, 0.1) is 30.1 Å². The second-order valence-electron chi connectivity index (χ2n) is 11.6. The molecule has 6 rings (SSSR count). The van der Waals surface area contributed by atoms with Gasteiger partial charge in [-0.2, -0.15) is 10.1 Å². The van der Waals surface area contributed by atoms with Crippen molar-refractivity contribution in [2.75, 3.05) is 11.6 Å². The highest BCUT2D eigenvalue weighted by Gasteiger charge is 2.28. The summed E-state index contributed by atoms with van der Waals surface area (Å²) in [5, 5.41) is 19.7. The van der Waals surface area contributed by atoms with Gasteiger partial charge in [-0.3, -0.25) is 0 Å². The Morgan fingerprint density at radius 1 is 0.739 bits per heavy atom. The summed E-state index contributed by atoms with van der Waals surface area (Å²) in [6, 6.07) is 33.8. The Kier molecular flexibility index (Phi) is 10.2. The van der Waals surface area contributed by atoms with E-state index in [9.17, 15) is 4.79 Å². The summed E-state index contributed by atoms with van der Waals surface area (Å²) >= 11 is 0. The van der Waals surface area contributed by atoms with E-state index in [4.69, 9.17) is 9.84 Å². The summed E-state index contributed by atoms with van der Waals surface area (Å²) in [5.74, 6) is 0.203. The number of nitrogens with zero attached hydrogens (tertiary/aromatic N) is 6. The van der Waals surface area contributed by atoms with Crippen molar-refractivity contribution >= 4 is 23.3 Å². The molecule has 8 heteroatoms. The standard InChI is InChI=1S/C38H40N6O2/c1-2-3-4-5-6-7-8-17-26-46-37(45)30-24-25-34-35(27-30)32-22-15-16-23-33(32)36(34)40-44(31-20-13-10-14-21-31)38-39-41-42-43(38)28-29-18-11-9-12-19-29/h9-16,18-25,27H,2-8,17,26,28H2,1H3. The smallest absolute Gasteiger partial charge is 0.338 e. The van der Waals surface area contributed by atoms with Gasteiger partial charge in [-0.05, 0) is 57.8 Å². The number of hydrogen-bond donors (Lipinski definition) is 0. The first kappa shape index (κ1) is 30.9. The van der Waals surface area contributed by atoms with E-state index in [-0.39, 0.29) is 5.97 Å². The van der Waals surface area contributed by atoms with Crippen molar-refractivity contribution in [3.63, 3.8) is 0 Å². The summed E-state index contributed by atoms with van der Waals surface area (Å²) < 4.78 is 7.43. The van der Waals surface area contributed by atoms with Gasteiger partial charge in [-0.15, -0.1) is 0 Å². The zero-order valence-corrected chi connectivity index (χ0v) is 26.4. The molecule has 0 N–H and O–H groups in total. The van der Waals surface area contributed by atoms with Crippen LogP contribution >= 0.6 is 0 Å². The van der Waals surface area contributed by atoms with Crippen molar-refractivity contribution in [3.8, 4) is 11.1 Å². The van der Waals surface area contributed by atoms with Crippen molar-refractivity contribution in [2.24, 2.45) is 5.10 Å². The molecule has 0 aliphatic heterocycles. The molecule has 0 fully saturated rings. The van der Waals surface area contributed by atoms with E-state index in [1.54, 1.807) is 9.69 Å². The molecular formula is C38H40N6O2. The van der Waals surface area contributed by atoms with Crippen molar-refractivity contribution < 1.29 is 9.53 Å². The van der Waals surface area contributed by atoms with E-state index in [1.807, 2.05) is 91.0 Å². The number of carbonyl (C=O) groups excluding carboxylic acids is 1. The second-order valence-corrected chi connectivity index (χ2v) is 11.6. The molecule has 0 radical (unpaired) electrons. The third-order valence-corrected chi connectivity index (χ3v) is 8.29. The number of anilines is 2. The van der Waals surface area contributed by atoms with Gasteiger partial charge in [0.25, 0.3) is 5.95 Å². The van der Waals surface area contributed by atoms with Gasteiger partial charge < -0.3 is 4.74 Å². The van der Waals surface area contributed by atoms with E-state index in [1.165, 1.54) is 38.5 Å². The maximum absolute atomic E-state index is 13.1. The molecule has 0 saturated carbocycles. The molecule has 46 heavy (non-hydrogen) atoms. The minimum Gasteiger partial charge on any atom is -0.462 e. The fourth-order valence-corrected chi connectivity index (χ4v) is 5.86. The summed E-state index contributed by atoms with van der Waals surface area (Å²) in [6.07, 6.45) is 9.62. The van der Waals surface area contributed by atoms with Crippen LogP contribution in [0.3, 0.4) is 0 Å². The molecule has 1 aliphatic rings. The number of hydrazone groups is 1. The maximum atomic E-state index is 13.1. The Balaban J connectivity index is 1.25. The molecule has 0 amide bonds. The predicted molar refractivity (Wildman–Crippen MR) is 182 cm³/mol. The molecule has 1 heterocycles. The monoisotopic (exact) mass is 612 g/mol. The molecule has 8 nitrogen and oxygen atoms in total. The maximum Gasteiger partial charge on any atom is 0.338 e. The number of para-hydroxylation sites is 1. The van der Waals surface area contributed by atoms with Crippen LogP contribution in [0.15, 0.2) is 108 Å². The first-order valence-electron chi connectivity index (χ1n) is 16.4. The summed E-state index contributed by atoms with van der Waals surface area (Å²) in [7, 11) is 0. The molecule has 0 unspecified atom stereocenters. The Hall–Kier alpha value is -5.11. The Labute approximate surface area is 270 Å². The first-order chi connectivity index (χ1) is 22.7. The summed E-state index contributed by atoms with van der Waals surface area (Å²) in [5.41, 5.74) is 7.11. The number of carbonyl (C=O) groups is 1. The molecule has 0 spiro atoms. The number of unbranched alkanes of at least 4 members (excludes halogenated alkanes) is 7. The number of esters is 1. The third kappa shape index (κ3) is 7.23. The SMILES string of the molecule is CCCCCCCCCCOC(=O)c1ccc2c(c1)-c1ccccc1C2=NN(c1ccccc1)c1nnnn1Cc1ccccc1. The number of fused-ring (bicyclic) bond motifs is 3. The van der Waals surface area contributed by atoms with E-state index in [0.717, 1.165) is 52.1 Å². The number of aromatic nitrogens is 4. The van der Waals surface area contributed by atoms with Crippen LogP contribution in [0.4, 0.5) is 11.6 Å². The molecule has 1 aromatic heterocycles. The predicted octanol–water partition coefficient (Wildman–Crippen LogP) is 8.59. The highest BCUT2D eigenvalue weighted by atomic mass is 16.5. The fraction of sp³-hybridized carbons (Fsp3) is 0.289. The highest BCUT2D eigenvalue weighted by molar-refractivity contribution is 6.25. The molecule has 0 bridgehead atoms. The molecule has 0 saturated heterocycles. The second kappa shape index (κ2) is 15.3. The number of tetrazole rings is 1. The average molecular weight is 613 g/mol. The lowest BCUT2D eigenvalue weighted by Crippen LogP contribution is -2.19. The number of rotatable bonds is 15. The zero-order chi connectivity index (χ0) is 31.6. The minimum atomic E-state index is -0.292. The van der Waals surface area contributed by atoms with Gasteiger partial charge in [0.1, 0.15) is 0 Å². The number of hydrogen-bond acceptors (Lipinski definition) is 7. The highest BCUT2D eigenvalue weighted by Crippen LogP contribution is 2.39. The normalized spacial score (nSPS) is 12.6. The molecule has 4 aromatic carbocycles. The third-order valence-electron chi connectivity index (χ3n) is 8.29. The molecule has 1 aliphatic carbocycles. The van der Waals surface area contributed by atoms with Gasteiger partial charge in [0.2, 0.25) is 0 Å².